The van der Waals surface area contributed by atoms with Gasteiger partial charge in [0.25, 0.3) is 0 Å². The zero-order chi connectivity index (χ0) is 20.6. The van der Waals surface area contributed by atoms with Crippen LogP contribution in [-0.4, -0.2) is 12.6 Å². The van der Waals surface area contributed by atoms with E-state index in [0.717, 1.165) is 12.0 Å². The van der Waals surface area contributed by atoms with Crippen LogP contribution >= 0.6 is 0 Å². The summed E-state index contributed by atoms with van der Waals surface area (Å²) >= 11 is 0. The molecule has 1 aromatic rings. The van der Waals surface area contributed by atoms with Gasteiger partial charge in [0, 0.05) is 0 Å². The summed E-state index contributed by atoms with van der Waals surface area (Å²) in [4.78, 5) is 11.8. The Morgan fingerprint density at radius 2 is 1.89 bits per heavy atom. The smallest absolute Gasteiger partial charge is 0.338 e. The Morgan fingerprint density at radius 3 is 2.54 bits per heavy atom. The van der Waals surface area contributed by atoms with Gasteiger partial charge in [-0.25, -0.2) is 4.79 Å². The lowest BCUT2D eigenvalue weighted by atomic mass is 9.72. The first-order valence-corrected chi connectivity index (χ1v) is 10.3. The van der Waals surface area contributed by atoms with E-state index in [2.05, 4.69) is 52.0 Å². The summed E-state index contributed by atoms with van der Waals surface area (Å²) < 4.78 is 5.15. The molecule has 0 amide bonds. The van der Waals surface area contributed by atoms with Crippen molar-refractivity contribution >= 4 is 12.0 Å². The highest BCUT2D eigenvalue weighted by molar-refractivity contribution is 5.89. The molecule has 0 saturated heterocycles. The van der Waals surface area contributed by atoms with Crippen LogP contribution in [0.3, 0.4) is 0 Å². The summed E-state index contributed by atoms with van der Waals surface area (Å²) in [6.07, 6.45) is 15.3. The Balaban J connectivity index is 1.99. The van der Waals surface area contributed by atoms with Crippen molar-refractivity contribution in [2.24, 2.45) is 5.41 Å². The first-order valence-electron chi connectivity index (χ1n) is 10.3. The molecule has 0 atom stereocenters. The molecule has 2 nitrogen and oxygen atoms in total. The molecule has 0 saturated carbocycles. The van der Waals surface area contributed by atoms with Gasteiger partial charge in [0.2, 0.25) is 0 Å². The Morgan fingerprint density at radius 1 is 1.18 bits per heavy atom. The largest absolute Gasteiger partial charge is 0.462 e. The van der Waals surface area contributed by atoms with Crippen molar-refractivity contribution in [3.63, 3.8) is 0 Å². The van der Waals surface area contributed by atoms with Crippen LogP contribution < -0.4 is 0 Å². The number of allylic oxidation sites excluding steroid dienone is 7. The predicted molar refractivity (Wildman–Crippen MR) is 119 cm³/mol. The second-order valence-electron chi connectivity index (χ2n) is 8.29. The molecule has 1 aromatic carbocycles. The quantitative estimate of drug-likeness (QED) is 0.367. The number of rotatable bonds is 7. The van der Waals surface area contributed by atoms with E-state index >= 15 is 0 Å². The van der Waals surface area contributed by atoms with E-state index in [4.69, 9.17) is 4.74 Å². The average Bonchev–Trinajstić information content (AvgIpc) is 2.65. The fourth-order valence-electron chi connectivity index (χ4n) is 3.60. The number of hydrogen-bond donors (Lipinski definition) is 0. The Bertz CT molecular complexity index is 786. The van der Waals surface area contributed by atoms with E-state index in [1.165, 1.54) is 36.0 Å². The fourth-order valence-corrected chi connectivity index (χ4v) is 3.60. The van der Waals surface area contributed by atoms with Crippen molar-refractivity contribution < 1.29 is 9.53 Å². The van der Waals surface area contributed by atoms with Gasteiger partial charge in [0.05, 0.1) is 12.2 Å². The van der Waals surface area contributed by atoms with E-state index in [0.29, 0.717) is 12.2 Å². The zero-order valence-corrected chi connectivity index (χ0v) is 18.0. The second kappa shape index (κ2) is 10.3. The third kappa shape index (κ3) is 6.37. The van der Waals surface area contributed by atoms with E-state index < -0.39 is 0 Å². The van der Waals surface area contributed by atoms with Crippen molar-refractivity contribution in [2.75, 3.05) is 6.61 Å². The lowest BCUT2D eigenvalue weighted by Gasteiger charge is -2.32. The summed E-state index contributed by atoms with van der Waals surface area (Å²) in [5.74, 6) is -0.256. The Labute approximate surface area is 170 Å². The SMILES string of the molecule is CCCOC(=O)c1ccc(/C=C/C=C(C)/C=C/C2=C(C)CCCC2(C)C)cc1. The fraction of sp³-hybridized carbons (Fsp3) is 0.423. The number of esters is 1. The molecule has 0 radical (unpaired) electrons. The molecule has 0 aromatic heterocycles. The maximum Gasteiger partial charge on any atom is 0.338 e. The molecule has 150 valence electrons. The minimum absolute atomic E-state index is 0.256. The molecule has 0 bridgehead atoms. The number of benzene rings is 1. The predicted octanol–water partition coefficient (Wildman–Crippen LogP) is 7.30. The third-order valence-corrected chi connectivity index (χ3v) is 5.29. The molecule has 0 N–H and O–H groups in total. The van der Waals surface area contributed by atoms with Gasteiger partial charge >= 0.3 is 5.97 Å². The van der Waals surface area contributed by atoms with E-state index in [1.807, 2.05) is 37.3 Å². The van der Waals surface area contributed by atoms with Crippen molar-refractivity contribution in [1.82, 2.24) is 0 Å². The molecule has 1 aliphatic rings. The van der Waals surface area contributed by atoms with Crippen LogP contribution in [0.1, 0.15) is 76.2 Å². The minimum atomic E-state index is -0.256. The van der Waals surface area contributed by atoms with Crippen LogP contribution in [-0.2, 0) is 4.74 Å². The van der Waals surface area contributed by atoms with Crippen LogP contribution in [0.5, 0.6) is 0 Å². The molecule has 1 aliphatic carbocycles. The summed E-state index contributed by atoms with van der Waals surface area (Å²) in [5.41, 5.74) is 6.16. The highest BCUT2D eigenvalue weighted by Gasteiger charge is 2.26. The molecule has 2 rings (SSSR count). The van der Waals surface area contributed by atoms with Gasteiger partial charge in [-0.05, 0) is 68.2 Å². The van der Waals surface area contributed by atoms with Gasteiger partial charge < -0.3 is 4.74 Å². The molecule has 0 aliphatic heterocycles. The third-order valence-electron chi connectivity index (χ3n) is 5.29. The van der Waals surface area contributed by atoms with Gasteiger partial charge in [0.1, 0.15) is 0 Å². The van der Waals surface area contributed by atoms with Crippen LogP contribution in [0.25, 0.3) is 6.08 Å². The van der Waals surface area contributed by atoms with Crippen LogP contribution in [0.4, 0.5) is 0 Å². The highest BCUT2D eigenvalue weighted by Crippen LogP contribution is 2.40. The van der Waals surface area contributed by atoms with Gasteiger partial charge in [-0.1, -0.05) is 74.4 Å². The number of hydrogen-bond acceptors (Lipinski definition) is 2. The first-order chi connectivity index (χ1) is 13.3. The van der Waals surface area contributed by atoms with E-state index in [1.54, 1.807) is 0 Å². The molecule has 0 fully saturated rings. The standard InChI is InChI=1S/C26H34O2/c1-6-19-28-25(27)23-15-13-22(14-16-23)11-7-9-20(2)12-17-24-21(3)10-8-18-26(24,4)5/h7,9,11-17H,6,8,10,18-19H2,1-5H3/b11-7+,17-12+,20-9+. The molecule has 0 heterocycles. The van der Waals surface area contributed by atoms with Crippen molar-refractivity contribution in [3.05, 3.63) is 76.4 Å². The van der Waals surface area contributed by atoms with Crippen molar-refractivity contribution in [3.8, 4) is 0 Å². The van der Waals surface area contributed by atoms with Gasteiger partial charge in [-0.3, -0.25) is 0 Å². The van der Waals surface area contributed by atoms with E-state index in [-0.39, 0.29) is 11.4 Å². The Hall–Kier alpha value is -2.35. The zero-order valence-electron chi connectivity index (χ0n) is 18.0. The Kier molecular flexibility index (Phi) is 8.04. The average molecular weight is 379 g/mol. The number of ether oxygens (including phenoxy) is 1. The van der Waals surface area contributed by atoms with Gasteiger partial charge in [-0.2, -0.15) is 0 Å². The molecule has 0 spiro atoms. The minimum Gasteiger partial charge on any atom is -0.462 e. The maximum atomic E-state index is 11.8. The summed E-state index contributed by atoms with van der Waals surface area (Å²) in [5, 5.41) is 0. The highest BCUT2D eigenvalue weighted by atomic mass is 16.5. The number of carbonyl (C=O) groups is 1. The lowest BCUT2D eigenvalue weighted by Crippen LogP contribution is -2.19. The molecule has 2 heteroatoms. The molecule has 28 heavy (non-hydrogen) atoms. The normalized spacial score (nSPS) is 17.5. The maximum absolute atomic E-state index is 11.8. The van der Waals surface area contributed by atoms with Gasteiger partial charge in [0.15, 0.2) is 0 Å². The van der Waals surface area contributed by atoms with Crippen LogP contribution in [0.15, 0.2) is 65.3 Å². The molecular formula is C26H34O2. The first kappa shape index (κ1) is 21.9. The monoisotopic (exact) mass is 378 g/mol. The molecular weight excluding hydrogens is 344 g/mol. The topological polar surface area (TPSA) is 26.3 Å². The van der Waals surface area contributed by atoms with Crippen LogP contribution in [0.2, 0.25) is 0 Å². The summed E-state index contributed by atoms with van der Waals surface area (Å²) in [7, 11) is 0. The summed E-state index contributed by atoms with van der Waals surface area (Å²) in [6.45, 7) is 11.5. The van der Waals surface area contributed by atoms with Crippen LogP contribution in [0, 0.1) is 5.41 Å². The molecule has 0 unspecified atom stereocenters. The van der Waals surface area contributed by atoms with Crippen molar-refractivity contribution in [1.29, 1.82) is 0 Å². The van der Waals surface area contributed by atoms with E-state index in [9.17, 15) is 4.79 Å². The summed E-state index contributed by atoms with van der Waals surface area (Å²) in [6, 6.07) is 7.51. The lowest BCUT2D eigenvalue weighted by molar-refractivity contribution is 0.0505. The number of carbonyl (C=O) groups excluding carboxylic acids is 1. The van der Waals surface area contributed by atoms with Crippen molar-refractivity contribution in [2.45, 2.75) is 60.3 Å². The van der Waals surface area contributed by atoms with Gasteiger partial charge in [-0.15, -0.1) is 0 Å². The second-order valence-corrected chi connectivity index (χ2v) is 8.29.